The highest BCUT2D eigenvalue weighted by atomic mass is 32.1. The van der Waals surface area contributed by atoms with E-state index in [1.807, 2.05) is 0 Å². The molecule has 0 nitrogen and oxygen atoms in total. The van der Waals surface area contributed by atoms with Crippen LogP contribution in [0.15, 0.2) is 109 Å². The van der Waals surface area contributed by atoms with Gasteiger partial charge < -0.3 is 0 Å². The van der Waals surface area contributed by atoms with Gasteiger partial charge in [-0.15, -0.1) is 22.7 Å². The summed E-state index contributed by atoms with van der Waals surface area (Å²) in [5.41, 5.74) is -2.61. The third-order valence-corrected chi connectivity index (χ3v) is 9.72. The molecule has 6 aromatic rings. The highest BCUT2D eigenvalue weighted by molar-refractivity contribution is 7.20. The van der Waals surface area contributed by atoms with Crippen molar-refractivity contribution in [3.05, 3.63) is 141 Å². The molecule has 0 saturated carbocycles. The number of benzene rings is 4. The first-order valence-corrected chi connectivity index (χ1v) is 15.3. The minimum absolute atomic E-state index is 0.0165. The van der Waals surface area contributed by atoms with E-state index in [0.29, 0.717) is 20.5 Å². The predicted molar refractivity (Wildman–Crippen MR) is 170 cm³/mol. The van der Waals surface area contributed by atoms with Crippen LogP contribution in [0.25, 0.3) is 31.3 Å². The maximum Gasteiger partial charge on any atom is 0.380 e. The largest absolute Gasteiger partial charge is 0.380 e. The highest BCUT2D eigenvalue weighted by Crippen LogP contribution is 2.67. The van der Waals surface area contributed by atoms with Gasteiger partial charge in [0.2, 0.25) is 0 Å². The SMILES string of the molecule is FC1(F)C(c2c(C#Cc3ccccc3)sc3ccccc23)=C(c2c(C#Cc3ccccc3)sc3ccccc23)C(F)(F)C1(F)F. The Bertz CT molecular complexity index is 2090. The zero-order valence-electron chi connectivity index (χ0n) is 23.0. The molecule has 0 saturated heterocycles. The fourth-order valence-corrected chi connectivity index (χ4v) is 7.58. The van der Waals surface area contributed by atoms with E-state index in [1.54, 1.807) is 97.1 Å². The van der Waals surface area contributed by atoms with E-state index in [1.165, 1.54) is 12.1 Å². The van der Waals surface area contributed by atoms with Crippen molar-refractivity contribution in [3.8, 4) is 23.7 Å². The Kier molecular flexibility index (Phi) is 6.89. The van der Waals surface area contributed by atoms with Gasteiger partial charge in [-0.2, -0.15) is 26.3 Å². The van der Waals surface area contributed by atoms with Gasteiger partial charge in [0.15, 0.2) is 0 Å². The number of hydrogen-bond donors (Lipinski definition) is 0. The quantitative estimate of drug-likeness (QED) is 0.131. The monoisotopic (exact) mass is 640 g/mol. The molecule has 0 spiro atoms. The lowest BCUT2D eigenvalue weighted by Crippen LogP contribution is -2.49. The van der Waals surface area contributed by atoms with E-state index in [2.05, 4.69) is 23.7 Å². The Balaban J connectivity index is 1.60. The van der Waals surface area contributed by atoms with Crippen LogP contribution in [0.2, 0.25) is 0 Å². The first kappa shape index (κ1) is 29.0. The van der Waals surface area contributed by atoms with Crippen LogP contribution in [0.3, 0.4) is 0 Å². The standard InChI is InChI=1S/C37H18F6S2/c38-35(39)33(31-25-15-7-9-17-27(25)44-29(31)21-19-23-11-3-1-4-12-23)34(36(40,41)37(35,42)43)32-26-16-8-10-18-28(26)45-30(32)22-20-24-13-5-2-6-14-24/h1-18H. The number of hydrogen-bond acceptors (Lipinski definition) is 2. The normalized spacial score (nSPS) is 16.3. The lowest BCUT2D eigenvalue weighted by Gasteiger charge is -2.25. The lowest BCUT2D eigenvalue weighted by atomic mass is 9.91. The Hall–Kier alpha value is -4.76. The smallest absolute Gasteiger partial charge is 0.194 e. The minimum Gasteiger partial charge on any atom is -0.194 e. The topological polar surface area (TPSA) is 0 Å². The molecule has 1 aliphatic rings. The summed E-state index contributed by atoms with van der Waals surface area (Å²) in [6.45, 7) is 0. The Morgan fingerprint density at radius 3 is 1.18 bits per heavy atom. The number of alkyl halides is 6. The number of thiophene rings is 2. The average molecular weight is 641 g/mol. The van der Waals surface area contributed by atoms with E-state index >= 15 is 26.3 Å². The van der Waals surface area contributed by atoms with E-state index < -0.39 is 40.0 Å². The number of halogens is 6. The van der Waals surface area contributed by atoms with Crippen molar-refractivity contribution in [2.45, 2.75) is 17.8 Å². The molecular weight excluding hydrogens is 623 g/mol. The summed E-state index contributed by atoms with van der Waals surface area (Å²) >= 11 is 1.98. The van der Waals surface area contributed by atoms with Crippen molar-refractivity contribution < 1.29 is 26.3 Å². The summed E-state index contributed by atoms with van der Waals surface area (Å²) in [5.74, 6) is -4.78. The van der Waals surface area contributed by atoms with Crippen LogP contribution < -0.4 is 0 Å². The van der Waals surface area contributed by atoms with Crippen molar-refractivity contribution in [1.82, 2.24) is 0 Å². The fraction of sp³-hybridized carbons (Fsp3) is 0.0811. The van der Waals surface area contributed by atoms with Crippen LogP contribution in [-0.2, 0) is 0 Å². The fourth-order valence-electron chi connectivity index (χ4n) is 5.45. The summed E-state index contributed by atoms with van der Waals surface area (Å²) in [7, 11) is 0. The third-order valence-electron chi connectivity index (χ3n) is 7.55. The van der Waals surface area contributed by atoms with E-state index in [-0.39, 0.29) is 20.5 Å². The second-order valence-corrected chi connectivity index (χ2v) is 12.4. The molecule has 45 heavy (non-hydrogen) atoms. The maximum atomic E-state index is 16.2. The molecule has 0 amide bonds. The molecule has 2 aromatic heterocycles. The van der Waals surface area contributed by atoms with Crippen molar-refractivity contribution in [3.63, 3.8) is 0 Å². The molecule has 0 bridgehead atoms. The van der Waals surface area contributed by atoms with Gasteiger partial charge in [0.05, 0.1) is 9.75 Å². The summed E-state index contributed by atoms with van der Waals surface area (Å²) in [6, 6.07) is 29.9. The highest BCUT2D eigenvalue weighted by Gasteiger charge is 2.80. The van der Waals surface area contributed by atoms with Gasteiger partial charge in [-0.25, -0.2) is 0 Å². The first-order chi connectivity index (χ1) is 21.6. The van der Waals surface area contributed by atoms with Gasteiger partial charge in [-0.3, -0.25) is 0 Å². The summed E-state index contributed by atoms with van der Waals surface area (Å²) in [5, 5.41) is 0.272. The molecule has 1 aliphatic carbocycles. The maximum absolute atomic E-state index is 16.2. The molecule has 0 N–H and O–H groups in total. The molecule has 0 fully saturated rings. The van der Waals surface area contributed by atoms with Crippen LogP contribution in [0, 0.1) is 23.7 Å². The number of allylic oxidation sites excluding steroid dienone is 2. The molecule has 0 radical (unpaired) electrons. The Morgan fingerprint density at radius 2 is 0.778 bits per heavy atom. The van der Waals surface area contributed by atoms with Gasteiger partial charge in [0.25, 0.3) is 0 Å². The van der Waals surface area contributed by atoms with E-state index in [9.17, 15) is 0 Å². The molecule has 0 aliphatic heterocycles. The van der Waals surface area contributed by atoms with Crippen molar-refractivity contribution in [1.29, 1.82) is 0 Å². The second kappa shape index (κ2) is 10.7. The second-order valence-electron chi connectivity index (χ2n) is 10.3. The lowest BCUT2D eigenvalue weighted by molar-refractivity contribution is -0.254. The van der Waals surface area contributed by atoms with Crippen molar-refractivity contribution in [2.75, 3.05) is 0 Å². The van der Waals surface area contributed by atoms with Gasteiger partial charge in [0, 0.05) is 53.6 Å². The van der Waals surface area contributed by atoms with Crippen LogP contribution in [0.4, 0.5) is 26.3 Å². The molecule has 8 heteroatoms. The first-order valence-electron chi connectivity index (χ1n) is 13.7. The average Bonchev–Trinajstić information content (AvgIpc) is 3.62. The Labute approximate surface area is 262 Å². The predicted octanol–water partition coefficient (Wildman–Crippen LogP) is 10.7. The van der Waals surface area contributed by atoms with Crippen molar-refractivity contribution in [2.24, 2.45) is 0 Å². The third kappa shape index (κ3) is 4.56. The van der Waals surface area contributed by atoms with Gasteiger partial charge in [-0.1, -0.05) is 84.6 Å². The Morgan fingerprint density at radius 1 is 0.422 bits per heavy atom. The van der Waals surface area contributed by atoms with Crippen LogP contribution >= 0.6 is 22.7 Å². The minimum atomic E-state index is -5.73. The van der Waals surface area contributed by atoms with E-state index in [4.69, 9.17) is 0 Å². The van der Waals surface area contributed by atoms with Crippen LogP contribution in [0.5, 0.6) is 0 Å². The van der Waals surface area contributed by atoms with Gasteiger partial charge in [0.1, 0.15) is 0 Å². The summed E-state index contributed by atoms with van der Waals surface area (Å²) in [6.07, 6.45) is 0. The zero-order chi connectivity index (χ0) is 31.4. The number of rotatable bonds is 2. The molecule has 2 heterocycles. The van der Waals surface area contributed by atoms with Crippen molar-refractivity contribution >= 4 is 54.0 Å². The molecule has 4 aromatic carbocycles. The van der Waals surface area contributed by atoms with Crippen LogP contribution in [0.1, 0.15) is 32.0 Å². The van der Waals surface area contributed by atoms with Crippen LogP contribution in [-0.4, -0.2) is 17.8 Å². The molecule has 0 unspecified atom stereocenters. The molecule has 0 atom stereocenters. The number of fused-ring (bicyclic) bond motifs is 2. The molecular formula is C37H18F6S2. The summed E-state index contributed by atoms with van der Waals surface area (Å²) < 4.78 is 96.7. The zero-order valence-corrected chi connectivity index (χ0v) is 24.6. The van der Waals surface area contributed by atoms with Gasteiger partial charge >= 0.3 is 17.8 Å². The molecule has 7 rings (SSSR count). The summed E-state index contributed by atoms with van der Waals surface area (Å²) in [4.78, 5) is -0.0330. The van der Waals surface area contributed by atoms with E-state index in [0.717, 1.165) is 22.7 Å². The molecule has 220 valence electrons. The van der Waals surface area contributed by atoms with Gasteiger partial charge in [-0.05, 0) is 48.2 Å².